The molecule has 0 aliphatic heterocycles. The molecule has 9 rings (SSSR count). The maximum absolute atomic E-state index is 12.3. The molecule has 0 saturated heterocycles. The quantitative estimate of drug-likeness (QED) is 0.199. The van der Waals surface area contributed by atoms with Crippen LogP contribution in [0.1, 0.15) is 52.7 Å². The maximum Gasteiger partial charge on any atom is 0.149 e. The van der Waals surface area contributed by atoms with Gasteiger partial charge in [-0.3, -0.25) is 9.55 Å². The van der Waals surface area contributed by atoms with Crippen LogP contribution in [0.5, 0.6) is 5.75 Å². The summed E-state index contributed by atoms with van der Waals surface area (Å²) in [4.78, 5) is 10.3. The minimum Gasteiger partial charge on any atom is -0.507 e. The van der Waals surface area contributed by atoms with Crippen molar-refractivity contribution in [2.75, 3.05) is 0 Å². The fourth-order valence-electron chi connectivity index (χ4n) is 7.66. The van der Waals surface area contributed by atoms with Gasteiger partial charge in [-0.2, -0.15) is 0 Å². The Morgan fingerprint density at radius 2 is 1.36 bits per heavy atom. The van der Waals surface area contributed by atoms with Crippen molar-refractivity contribution in [1.82, 2.24) is 14.5 Å². The van der Waals surface area contributed by atoms with Gasteiger partial charge in [-0.05, 0) is 70.3 Å². The molecule has 0 radical (unpaired) electrons. The standard InChI is InChI=1S/C48H41N3O2/c1-47(2,3)31-27-37(44(52)38(28-31)48(4,5)6)46-50-43-34(19-14-22-41(43)51(46)40-21-13-16-29-15-7-8-17-32(29)40)36-26-30(39-20-11-12-24-49-39)25-35-33-18-9-10-23-42(33)53-45(35)36/h7-28,52H,1-6H3. The molecule has 1 N–H and O–H groups in total. The third-order valence-corrected chi connectivity index (χ3v) is 10.4. The zero-order valence-electron chi connectivity index (χ0n) is 30.9. The van der Waals surface area contributed by atoms with E-state index in [0.717, 1.165) is 82.9 Å². The number of imidazole rings is 1. The number of furan rings is 1. The molecule has 3 aromatic heterocycles. The first kappa shape index (κ1) is 32.7. The molecule has 5 nitrogen and oxygen atoms in total. The molecule has 9 aromatic rings. The summed E-state index contributed by atoms with van der Waals surface area (Å²) in [5, 5.41) is 16.6. The van der Waals surface area contributed by atoms with Crippen LogP contribution in [-0.2, 0) is 10.8 Å². The number of aromatic nitrogens is 3. The number of rotatable bonds is 4. The maximum atomic E-state index is 12.3. The van der Waals surface area contributed by atoms with E-state index in [1.165, 1.54) is 0 Å². The summed E-state index contributed by atoms with van der Waals surface area (Å²) < 4.78 is 8.90. The van der Waals surface area contributed by atoms with Gasteiger partial charge in [-0.1, -0.05) is 120 Å². The van der Waals surface area contributed by atoms with Crippen LogP contribution in [0.2, 0.25) is 0 Å². The Hall–Kier alpha value is -6.20. The average molecular weight is 692 g/mol. The number of para-hydroxylation sites is 2. The molecular weight excluding hydrogens is 651 g/mol. The summed E-state index contributed by atoms with van der Waals surface area (Å²) in [5.74, 6) is 0.931. The van der Waals surface area contributed by atoms with Crippen LogP contribution in [0, 0.1) is 0 Å². The predicted octanol–water partition coefficient (Wildman–Crippen LogP) is 12.8. The van der Waals surface area contributed by atoms with Crippen molar-refractivity contribution in [3.05, 3.63) is 145 Å². The van der Waals surface area contributed by atoms with Crippen molar-refractivity contribution in [1.29, 1.82) is 0 Å². The van der Waals surface area contributed by atoms with Gasteiger partial charge in [0, 0.05) is 44.6 Å². The second-order valence-electron chi connectivity index (χ2n) is 16.1. The zero-order chi connectivity index (χ0) is 36.6. The fourth-order valence-corrected chi connectivity index (χ4v) is 7.66. The molecule has 53 heavy (non-hydrogen) atoms. The van der Waals surface area contributed by atoms with E-state index in [1.807, 2.05) is 42.6 Å². The highest BCUT2D eigenvalue weighted by Gasteiger charge is 2.29. The van der Waals surface area contributed by atoms with Crippen LogP contribution in [0.4, 0.5) is 0 Å². The number of hydrogen-bond donors (Lipinski definition) is 1. The lowest BCUT2D eigenvalue weighted by atomic mass is 9.79. The molecule has 260 valence electrons. The molecule has 0 amide bonds. The van der Waals surface area contributed by atoms with E-state index in [0.29, 0.717) is 11.4 Å². The van der Waals surface area contributed by atoms with E-state index in [9.17, 15) is 5.11 Å². The molecule has 0 atom stereocenters. The monoisotopic (exact) mass is 691 g/mol. The van der Waals surface area contributed by atoms with E-state index in [-0.39, 0.29) is 16.6 Å². The molecule has 0 aliphatic carbocycles. The van der Waals surface area contributed by atoms with Crippen LogP contribution < -0.4 is 0 Å². The lowest BCUT2D eigenvalue weighted by Crippen LogP contribution is -2.17. The van der Waals surface area contributed by atoms with Crippen LogP contribution >= 0.6 is 0 Å². The van der Waals surface area contributed by atoms with E-state index in [1.54, 1.807) is 0 Å². The van der Waals surface area contributed by atoms with Gasteiger partial charge in [0.2, 0.25) is 0 Å². The second-order valence-corrected chi connectivity index (χ2v) is 16.1. The summed E-state index contributed by atoms with van der Waals surface area (Å²) in [6.45, 7) is 13.1. The van der Waals surface area contributed by atoms with Crippen molar-refractivity contribution in [3.8, 4) is 45.2 Å². The molecular formula is C48H41N3O2. The van der Waals surface area contributed by atoms with Gasteiger partial charge >= 0.3 is 0 Å². The van der Waals surface area contributed by atoms with Gasteiger partial charge in [-0.25, -0.2) is 4.98 Å². The third-order valence-electron chi connectivity index (χ3n) is 10.4. The van der Waals surface area contributed by atoms with Crippen LogP contribution in [0.3, 0.4) is 0 Å². The number of pyridine rings is 1. The number of phenols is 1. The smallest absolute Gasteiger partial charge is 0.149 e. The molecule has 3 heterocycles. The lowest BCUT2D eigenvalue weighted by molar-refractivity contribution is 0.446. The number of phenolic OH excluding ortho intramolecular Hbond substituents is 1. The Kier molecular flexibility index (Phi) is 7.35. The van der Waals surface area contributed by atoms with Gasteiger partial charge in [0.05, 0.1) is 28.0 Å². The molecule has 6 aromatic carbocycles. The van der Waals surface area contributed by atoms with Crippen LogP contribution in [-0.4, -0.2) is 19.6 Å². The average Bonchev–Trinajstić information content (AvgIpc) is 3.72. The summed E-state index contributed by atoms with van der Waals surface area (Å²) in [5.41, 5.74) is 10.4. The Balaban J connectivity index is 1.43. The minimum atomic E-state index is -0.305. The van der Waals surface area contributed by atoms with E-state index in [2.05, 4.69) is 137 Å². The predicted molar refractivity (Wildman–Crippen MR) is 219 cm³/mol. The Labute approximate surface area is 309 Å². The number of benzene rings is 6. The zero-order valence-corrected chi connectivity index (χ0v) is 30.9. The van der Waals surface area contributed by atoms with Gasteiger partial charge in [0.15, 0.2) is 0 Å². The Morgan fingerprint density at radius 1 is 0.623 bits per heavy atom. The topological polar surface area (TPSA) is 64.1 Å². The van der Waals surface area contributed by atoms with Crippen molar-refractivity contribution in [2.24, 2.45) is 0 Å². The summed E-state index contributed by atoms with van der Waals surface area (Å²) >= 11 is 0. The van der Waals surface area contributed by atoms with Gasteiger partial charge in [0.1, 0.15) is 22.7 Å². The largest absolute Gasteiger partial charge is 0.507 e. The van der Waals surface area contributed by atoms with Crippen LogP contribution in [0.25, 0.3) is 83.2 Å². The van der Waals surface area contributed by atoms with Crippen molar-refractivity contribution < 1.29 is 9.52 Å². The lowest BCUT2D eigenvalue weighted by Gasteiger charge is -2.27. The van der Waals surface area contributed by atoms with Gasteiger partial charge < -0.3 is 9.52 Å². The van der Waals surface area contributed by atoms with Gasteiger partial charge in [-0.15, -0.1) is 0 Å². The van der Waals surface area contributed by atoms with Crippen molar-refractivity contribution in [2.45, 2.75) is 52.4 Å². The van der Waals surface area contributed by atoms with E-state index < -0.39 is 0 Å². The SMILES string of the molecule is CC(C)(C)c1cc(-c2nc3c(-c4cc(-c5ccccn5)cc5c4oc4ccccc45)cccc3n2-c2cccc3ccccc23)c(O)c(C(C)(C)C)c1. The molecule has 0 aliphatic rings. The van der Waals surface area contributed by atoms with Crippen molar-refractivity contribution in [3.63, 3.8) is 0 Å². The Bertz CT molecular complexity index is 2860. The molecule has 0 bridgehead atoms. The highest BCUT2D eigenvalue weighted by atomic mass is 16.3. The highest BCUT2D eigenvalue weighted by molar-refractivity contribution is 6.13. The second kappa shape index (κ2) is 11.9. The molecule has 0 fully saturated rings. The molecule has 0 spiro atoms. The first-order chi connectivity index (χ1) is 25.5. The minimum absolute atomic E-state index is 0.164. The van der Waals surface area contributed by atoms with Crippen LogP contribution in [0.15, 0.2) is 138 Å². The van der Waals surface area contributed by atoms with Gasteiger partial charge in [0.25, 0.3) is 0 Å². The summed E-state index contributed by atoms with van der Waals surface area (Å²) in [6.07, 6.45) is 1.83. The molecule has 0 unspecified atom stereocenters. The number of aromatic hydroxyl groups is 1. The first-order valence-corrected chi connectivity index (χ1v) is 18.2. The molecule has 0 saturated carbocycles. The van der Waals surface area contributed by atoms with E-state index in [4.69, 9.17) is 14.4 Å². The number of fused-ring (bicyclic) bond motifs is 5. The summed E-state index contributed by atoms with van der Waals surface area (Å²) in [7, 11) is 0. The third kappa shape index (κ3) is 5.38. The number of nitrogens with zero attached hydrogens (tertiary/aromatic N) is 3. The normalized spacial score (nSPS) is 12.4. The molecule has 5 heteroatoms. The highest BCUT2D eigenvalue weighted by Crippen LogP contribution is 2.46. The summed E-state index contributed by atoms with van der Waals surface area (Å²) in [6, 6.07) is 44.0. The first-order valence-electron chi connectivity index (χ1n) is 18.2. The van der Waals surface area contributed by atoms with E-state index >= 15 is 0 Å². The Morgan fingerprint density at radius 3 is 2.13 bits per heavy atom. The fraction of sp³-hybridized carbons (Fsp3) is 0.167. The van der Waals surface area contributed by atoms with Crippen molar-refractivity contribution >= 4 is 43.7 Å². The number of hydrogen-bond acceptors (Lipinski definition) is 4.